The molecular formula is C47H49N3O4. The van der Waals surface area contributed by atoms with Gasteiger partial charge in [-0.05, 0) is 122 Å². The van der Waals surface area contributed by atoms with Crippen molar-refractivity contribution in [2.24, 2.45) is 10.2 Å². The molecule has 0 amide bonds. The summed E-state index contributed by atoms with van der Waals surface area (Å²) >= 11 is 0. The number of para-hydroxylation sites is 1. The number of unbranched alkanes of at least 4 members (excludes halogenated alkanes) is 6. The first-order valence-electron chi connectivity index (χ1n) is 19.2. The smallest absolute Gasteiger partial charge is 0.343 e. The van der Waals surface area contributed by atoms with E-state index in [0.29, 0.717) is 22.7 Å². The lowest BCUT2D eigenvalue weighted by atomic mass is 9.76. The second kappa shape index (κ2) is 16.1. The van der Waals surface area contributed by atoms with Crippen molar-refractivity contribution in [2.75, 3.05) is 18.6 Å². The highest BCUT2D eigenvalue weighted by molar-refractivity contribution is 5.91. The van der Waals surface area contributed by atoms with Gasteiger partial charge in [-0.25, -0.2) is 4.79 Å². The molecule has 5 aromatic carbocycles. The Hall–Kier alpha value is -5.69. The van der Waals surface area contributed by atoms with Gasteiger partial charge >= 0.3 is 5.97 Å². The van der Waals surface area contributed by atoms with Gasteiger partial charge in [0.15, 0.2) is 0 Å². The van der Waals surface area contributed by atoms with Crippen molar-refractivity contribution in [1.82, 2.24) is 0 Å². The molecule has 2 aliphatic heterocycles. The molecule has 0 saturated carbocycles. The van der Waals surface area contributed by atoms with Crippen LogP contribution in [0, 0.1) is 0 Å². The summed E-state index contributed by atoms with van der Waals surface area (Å²) in [4.78, 5) is 15.1. The predicted octanol–water partition coefficient (Wildman–Crippen LogP) is 12.6. The van der Waals surface area contributed by atoms with Crippen LogP contribution in [0.25, 0.3) is 17.2 Å². The maximum atomic E-state index is 12.9. The third-order valence-electron chi connectivity index (χ3n) is 10.7. The molecule has 0 aliphatic carbocycles. The lowest BCUT2D eigenvalue weighted by Crippen LogP contribution is -2.58. The van der Waals surface area contributed by atoms with E-state index in [-0.39, 0.29) is 5.41 Å². The van der Waals surface area contributed by atoms with Gasteiger partial charge in [-0.3, -0.25) is 0 Å². The molecule has 1 spiro atoms. The van der Waals surface area contributed by atoms with Crippen LogP contribution >= 0.6 is 0 Å². The molecule has 2 aliphatic rings. The first-order valence-corrected chi connectivity index (χ1v) is 19.2. The largest absolute Gasteiger partial charge is 0.494 e. The summed E-state index contributed by atoms with van der Waals surface area (Å²) in [6, 6.07) is 36.9. The van der Waals surface area contributed by atoms with Crippen LogP contribution in [0.15, 0.2) is 132 Å². The van der Waals surface area contributed by atoms with Crippen LogP contribution in [-0.4, -0.2) is 25.3 Å². The minimum Gasteiger partial charge on any atom is -0.494 e. The minimum atomic E-state index is -0.631. The molecule has 54 heavy (non-hydrogen) atoms. The second-order valence-electron chi connectivity index (χ2n) is 14.7. The van der Waals surface area contributed by atoms with Crippen molar-refractivity contribution in [2.45, 2.75) is 76.9 Å². The van der Waals surface area contributed by atoms with Crippen molar-refractivity contribution < 1.29 is 19.0 Å². The van der Waals surface area contributed by atoms with E-state index in [1.807, 2.05) is 54.6 Å². The third-order valence-corrected chi connectivity index (χ3v) is 10.7. The molecule has 7 rings (SSSR count). The Morgan fingerprint density at radius 1 is 0.722 bits per heavy atom. The molecule has 0 bridgehead atoms. The van der Waals surface area contributed by atoms with Crippen molar-refractivity contribution in [3.63, 3.8) is 0 Å². The van der Waals surface area contributed by atoms with E-state index >= 15 is 0 Å². The van der Waals surface area contributed by atoms with Gasteiger partial charge in [0, 0.05) is 18.3 Å². The van der Waals surface area contributed by atoms with Crippen LogP contribution in [0.1, 0.15) is 87.2 Å². The molecule has 1 atom stereocenters. The van der Waals surface area contributed by atoms with E-state index in [4.69, 9.17) is 14.2 Å². The minimum absolute atomic E-state index is 0.260. The fourth-order valence-electron chi connectivity index (χ4n) is 7.48. The molecule has 7 heteroatoms. The van der Waals surface area contributed by atoms with Crippen LogP contribution in [-0.2, 0) is 5.41 Å². The number of hydrogen-bond acceptors (Lipinski definition) is 7. The Bertz CT molecular complexity index is 2120. The lowest BCUT2D eigenvalue weighted by molar-refractivity contribution is 0.0582. The van der Waals surface area contributed by atoms with Crippen LogP contribution in [0.4, 0.5) is 17.1 Å². The van der Waals surface area contributed by atoms with Crippen LogP contribution in [0.5, 0.6) is 17.2 Å². The monoisotopic (exact) mass is 719 g/mol. The van der Waals surface area contributed by atoms with Gasteiger partial charge in [-0.2, -0.15) is 10.2 Å². The number of ether oxygens (including phenoxy) is 3. The number of likely N-dealkylation sites (N-methyl/N-ethyl adjacent to an activating group) is 1. The topological polar surface area (TPSA) is 72.7 Å². The van der Waals surface area contributed by atoms with E-state index in [9.17, 15) is 4.79 Å². The number of nitrogens with zero attached hydrogens (tertiary/aromatic N) is 3. The van der Waals surface area contributed by atoms with Crippen molar-refractivity contribution in [3.8, 4) is 28.4 Å². The van der Waals surface area contributed by atoms with Gasteiger partial charge in [0.25, 0.3) is 0 Å². The highest BCUT2D eigenvalue weighted by Gasteiger charge is 2.57. The fraction of sp³-hybridized carbons (Fsp3) is 0.298. The van der Waals surface area contributed by atoms with Gasteiger partial charge in [0.05, 0.1) is 29.0 Å². The van der Waals surface area contributed by atoms with Crippen LogP contribution in [0.3, 0.4) is 0 Å². The lowest BCUT2D eigenvalue weighted by Gasteiger charge is -2.45. The average Bonchev–Trinajstić information content (AvgIpc) is 3.36. The molecule has 1 unspecified atom stereocenters. The molecular weight excluding hydrogens is 671 g/mol. The van der Waals surface area contributed by atoms with Crippen molar-refractivity contribution >= 4 is 29.1 Å². The molecule has 0 N–H and O–H groups in total. The number of benzene rings is 5. The highest BCUT2D eigenvalue weighted by Crippen LogP contribution is 2.54. The van der Waals surface area contributed by atoms with E-state index in [1.165, 1.54) is 49.8 Å². The zero-order valence-electron chi connectivity index (χ0n) is 31.8. The first kappa shape index (κ1) is 36.7. The summed E-state index contributed by atoms with van der Waals surface area (Å²) in [5, 5.41) is 8.87. The third kappa shape index (κ3) is 7.67. The van der Waals surface area contributed by atoms with E-state index in [0.717, 1.165) is 41.2 Å². The molecule has 276 valence electrons. The standard InChI is InChI=1S/C47H49N3O4/c1-5-6-7-8-9-10-13-32-52-40-25-18-34(19-26-40)35-20-27-41(28-21-35)53-45(51)36-16-22-38(23-17-36)48-49-39-24-29-44-37(33-39)30-31-47(54-44)46(2,3)42-14-11-12-15-43(42)50(47)4/h11-12,14-31,33H,5-10,13,32H2,1-4H3. The summed E-state index contributed by atoms with van der Waals surface area (Å²) in [6.07, 6.45) is 13.1. The predicted molar refractivity (Wildman–Crippen MR) is 218 cm³/mol. The zero-order chi connectivity index (χ0) is 37.5. The van der Waals surface area contributed by atoms with E-state index < -0.39 is 11.7 Å². The molecule has 0 saturated heterocycles. The molecule has 0 aromatic heterocycles. The van der Waals surface area contributed by atoms with Gasteiger partial charge < -0.3 is 19.1 Å². The summed E-state index contributed by atoms with van der Waals surface area (Å²) in [5.41, 5.74) is 6.35. The zero-order valence-corrected chi connectivity index (χ0v) is 31.8. The van der Waals surface area contributed by atoms with Gasteiger partial charge in [0.2, 0.25) is 5.72 Å². The number of rotatable bonds is 14. The van der Waals surface area contributed by atoms with Crippen LogP contribution in [0.2, 0.25) is 0 Å². The van der Waals surface area contributed by atoms with Crippen molar-refractivity contribution in [3.05, 3.63) is 138 Å². The van der Waals surface area contributed by atoms with Crippen LogP contribution < -0.4 is 19.1 Å². The Kier molecular flexibility index (Phi) is 11.0. The number of azo groups is 1. The number of fused-ring (bicyclic) bond motifs is 2. The Morgan fingerprint density at radius 3 is 2.06 bits per heavy atom. The fourth-order valence-corrected chi connectivity index (χ4v) is 7.48. The number of anilines is 1. The maximum absolute atomic E-state index is 12.9. The quantitative estimate of drug-likeness (QED) is 0.0494. The Morgan fingerprint density at radius 2 is 1.35 bits per heavy atom. The SMILES string of the molecule is CCCCCCCCCOc1ccc(-c2ccc(OC(=O)c3ccc(N=Nc4ccc5c(c4)C=CC4(O5)N(C)c5ccccc5C4(C)C)cc3)cc2)cc1. The Labute approximate surface area is 319 Å². The van der Waals surface area contributed by atoms with Crippen molar-refractivity contribution in [1.29, 1.82) is 0 Å². The molecule has 5 aromatic rings. The normalized spacial score (nSPS) is 16.6. The molecule has 0 radical (unpaired) electrons. The summed E-state index contributed by atoms with van der Waals surface area (Å²) in [7, 11) is 2.09. The molecule has 2 heterocycles. The van der Waals surface area contributed by atoms with E-state index in [1.54, 1.807) is 24.3 Å². The Balaban J connectivity index is 0.901. The van der Waals surface area contributed by atoms with E-state index in [2.05, 4.69) is 91.5 Å². The van der Waals surface area contributed by atoms with Gasteiger partial charge in [-0.15, -0.1) is 0 Å². The summed E-state index contributed by atoms with van der Waals surface area (Å²) in [6.45, 7) is 7.45. The maximum Gasteiger partial charge on any atom is 0.343 e. The number of carbonyl (C=O) groups excluding carboxylic acids is 1. The first-order chi connectivity index (χ1) is 26.3. The molecule has 7 nitrogen and oxygen atoms in total. The highest BCUT2D eigenvalue weighted by atomic mass is 16.5. The number of carbonyl (C=O) groups is 1. The average molecular weight is 720 g/mol. The summed E-state index contributed by atoms with van der Waals surface area (Å²) < 4.78 is 18.4. The summed E-state index contributed by atoms with van der Waals surface area (Å²) in [5.74, 6) is 1.73. The second-order valence-corrected chi connectivity index (χ2v) is 14.7. The van der Waals surface area contributed by atoms with Gasteiger partial charge in [0.1, 0.15) is 17.2 Å². The van der Waals surface area contributed by atoms with Gasteiger partial charge in [-0.1, -0.05) is 87.9 Å². The number of hydrogen-bond donors (Lipinski definition) is 0. The molecule has 0 fully saturated rings. The number of esters is 1.